The van der Waals surface area contributed by atoms with Crippen LogP contribution in [0.3, 0.4) is 0 Å². The highest BCUT2D eigenvalue weighted by Crippen LogP contribution is 2.20. The molecule has 0 aliphatic carbocycles. The van der Waals surface area contributed by atoms with Gasteiger partial charge in [0.1, 0.15) is 5.75 Å². The Morgan fingerprint density at radius 2 is 1.77 bits per heavy atom. The van der Waals surface area contributed by atoms with Gasteiger partial charge in [-0.25, -0.2) is 0 Å². The summed E-state index contributed by atoms with van der Waals surface area (Å²) in [6.45, 7) is 1.87. The molecule has 2 aromatic rings. The van der Waals surface area contributed by atoms with Crippen LogP contribution in [0.1, 0.15) is 35.4 Å². The van der Waals surface area contributed by atoms with Gasteiger partial charge in [-0.2, -0.15) is 0 Å². The Labute approximate surface area is 130 Å². The van der Waals surface area contributed by atoms with E-state index in [9.17, 15) is 9.90 Å². The summed E-state index contributed by atoms with van der Waals surface area (Å²) in [5, 5.41) is 13.1. The third-order valence-corrected chi connectivity index (χ3v) is 3.49. The lowest BCUT2D eigenvalue weighted by Crippen LogP contribution is -2.34. The van der Waals surface area contributed by atoms with Crippen LogP contribution in [0.5, 0.6) is 5.75 Å². The van der Waals surface area contributed by atoms with Crippen LogP contribution in [-0.2, 0) is 0 Å². The Morgan fingerprint density at radius 3 is 2.45 bits per heavy atom. The molecule has 0 bridgehead atoms. The van der Waals surface area contributed by atoms with Crippen LogP contribution in [0.25, 0.3) is 0 Å². The fraction of sp³-hybridized carbons (Fsp3) is 0.278. The van der Waals surface area contributed by atoms with Crippen molar-refractivity contribution >= 4 is 5.91 Å². The van der Waals surface area contributed by atoms with E-state index in [1.807, 2.05) is 43.3 Å². The van der Waals surface area contributed by atoms with Crippen LogP contribution in [0.2, 0.25) is 0 Å². The number of rotatable bonds is 6. The third-order valence-electron chi connectivity index (χ3n) is 3.49. The second-order valence-electron chi connectivity index (χ2n) is 5.24. The van der Waals surface area contributed by atoms with Crippen molar-refractivity contribution in [2.75, 3.05) is 7.11 Å². The molecular formula is C18H21NO3. The zero-order chi connectivity index (χ0) is 15.9. The zero-order valence-electron chi connectivity index (χ0n) is 12.8. The van der Waals surface area contributed by atoms with Gasteiger partial charge in [0.05, 0.1) is 18.8 Å². The zero-order valence-corrected chi connectivity index (χ0v) is 12.8. The van der Waals surface area contributed by atoms with E-state index in [1.54, 1.807) is 18.2 Å². The minimum atomic E-state index is -0.603. The molecule has 2 N–H and O–H groups in total. The quantitative estimate of drug-likeness (QED) is 0.862. The Balaban J connectivity index is 1.97. The van der Waals surface area contributed by atoms with E-state index in [2.05, 4.69) is 5.32 Å². The van der Waals surface area contributed by atoms with Gasteiger partial charge in [-0.1, -0.05) is 42.5 Å². The fourth-order valence-corrected chi connectivity index (χ4v) is 2.34. The lowest BCUT2D eigenvalue weighted by Gasteiger charge is -2.19. The lowest BCUT2D eigenvalue weighted by atomic mass is 10.0. The van der Waals surface area contributed by atoms with Gasteiger partial charge in [0.25, 0.3) is 5.91 Å². The number of nitrogens with one attached hydrogen (secondary N) is 1. The SMILES string of the molecule is COc1ccccc1C(=O)NC(C)CC(O)c1ccccc1. The average molecular weight is 299 g/mol. The maximum absolute atomic E-state index is 12.3. The predicted molar refractivity (Wildman–Crippen MR) is 85.9 cm³/mol. The number of amides is 1. The smallest absolute Gasteiger partial charge is 0.255 e. The van der Waals surface area contributed by atoms with E-state index in [0.29, 0.717) is 17.7 Å². The van der Waals surface area contributed by atoms with Crippen molar-refractivity contribution in [3.63, 3.8) is 0 Å². The standard InChI is InChI=1S/C18H21NO3/c1-13(12-16(20)14-8-4-3-5-9-14)19-18(21)15-10-6-7-11-17(15)22-2/h3-11,13,16,20H,12H2,1-2H3,(H,19,21). The van der Waals surface area contributed by atoms with E-state index in [-0.39, 0.29) is 11.9 Å². The fourth-order valence-electron chi connectivity index (χ4n) is 2.34. The van der Waals surface area contributed by atoms with E-state index >= 15 is 0 Å². The molecule has 2 unspecified atom stereocenters. The maximum Gasteiger partial charge on any atom is 0.255 e. The molecule has 0 fully saturated rings. The summed E-state index contributed by atoms with van der Waals surface area (Å²) in [6, 6.07) is 16.3. The first-order valence-corrected chi connectivity index (χ1v) is 7.28. The van der Waals surface area contributed by atoms with Crippen molar-refractivity contribution in [3.8, 4) is 5.75 Å². The molecule has 116 valence electrons. The summed E-state index contributed by atoms with van der Waals surface area (Å²) in [4.78, 5) is 12.3. The minimum absolute atomic E-state index is 0.160. The molecule has 2 aromatic carbocycles. The molecule has 0 aliphatic heterocycles. The van der Waals surface area contributed by atoms with Gasteiger partial charge < -0.3 is 15.2 Å². The Morgan fingerprint density at radius 1 is 1.14 bits per heavy atom. The number of benzene rings is 2. The molecule has 2 rings (SSSR count). The molecule has 1 amide bonds. The Bertz CT molecular complexity index is 613. The molecule has 2 atom stereocenters. The first-order valence-electron chi connectivity index (χ1n) is 7.28. The number of carbonyl (C=O) groups excluding carboxylic acids is 1. The number of hydrogen-bond acceptors (Lipinski definition) is 3. The molecule has 0 saturated carbocycles. The number of carbonyl (C=O) groups is 1. The summed E-state index contributed by atoms with van der Waals surface area (Å²) in [5.74, 6) is 0.334. The van der Waals surface area contributed by atoms with Gasteiger partial charge in [-0.05, 0) is 31.0 Å². The van der Waals surface area contributed by atoms with Crippen molar-refractivity contribution < 1.29 is 14.6 Å². The van der Waals surface area contributed by atoms with Gasteiger partial charge in [0.2, 0.25) is 0 Å². The molecule has 4 nitrogen and oxygen atoms in total. The van der Waals surface area contributed by atoms with Crippen LogP contribution >= 0.6 is 0 Å². The second-order valence-corrected chi connectivity index (χ2v) is 5.24. The van der Waals surface area contributed by atoms with E-state index in [4.69, 9.17) is 4.74 Å². The lowest BCUT2D eigenvalue weighted by molar-refractivity contribution is 0.0914. The van der Waals surface area contributed by atoms with Crippen LogP contribution in [-0.4, -0.2) is 24.2 Å². The molecule has 0 aliphatic rings. The van der Waals surface area contributed by atoms with Crippen LogP contribution in [0, 0.1) is 0 Å². The summed E-state index contributed by atoms with van der Waals surface area (Å²) < 4.78 is 5.19. The summed E-state index contributed by atoms with van der Waals surface area (Å²) >= 11 is 0. The highest BCUT2D eigenvalue weighted by atomic mass is 16.5. The van der Waals surface area contributed by atoms with E-state index < -0.39 is 6.10 Å². The molecule has 0 spiro atoms. The predicted octanol–water partition coefficient (Wildman–Crippen LogP) is 2.94. The van der Waals surface area contributed by atoms with Crippen molar-refractivity contribution in [3.05, 3.63) is 65.7 Å². The van der Waals surface area contributed by atoms with Gasteiger partial charge in [-0.15, -0.1) is 0 Å². The first kappa shape index (κ1) is 16.0. The number of methoxy groups -OCH3 is 1. The van der Waals surface area contributed by atoms with Crippen molar-refractivity contribution in [1.29, 1.82) is 0 Å². The first-order chi connectivity index (χ1) is 10.6. The summed E-state index contributed by atoms with van der Waals surface area (Å²) in [6.07, 6.45) is -0.153. The van der Waals surface area contributed by atoms with Gasteiger partial charge >= 0.3 is 0 Å². The molecule has 0 heterocycles. The minimum Gasteiger partial charge on any atom is -0.496 e. The summed E-state index contributed by atoms with van der Waals surface area (Å²) in [5.41, 5.74) is 1.34. The Kier molecular flexibility index (Phi) is 5.55. The number of hydrogen-bond donors (Lipinski definition) is 2. The molecule has 0 radical (unpaired) electrons. The van der Waals surface area contributed by atoms with E-state index in [1.165, 1.54) is 7.11 Å². The van der Waals surface area contributed by atoms with Gasteiger partial charge in [0, 0.05) is 6.04 Å². The highest BCUT2D eigenvalue weighted by Gasteiger charge is 2.17. The highest BCUT2D eigenvalue weighted by molar-refractivity contribution is 5.97. The second kappa shape index (κ2) is 7.61. The Hall–Kier alpha value is -2.33. The van der Waals surface area contributed by atoms with Crippen LogP contribution in [0.4, 0.5) is 0 Å². The number of aliphatic hydroxyl groups is 1. The largest absolute Gasteiger partial charge is 0.496 e. The topological polar surface area (TPSA) is 58.6 Å². The number of aliphatic hydroxyl groups excluding tert-OH is 1. The number of ether oxygens (including phenoxy) is 1. The van der Waals surface area contributed by atoms with Crippen LogP contribution < -0.4 is 10.1 Å². The number of para-hydroxylation sites is 1. The van der Waals surface area contributed by atoms with Gasteiger partial charge in [-0.3, -0.25) is 4.79 Å². The monoisotopic (exact) mass is 299 g/mol. The maximum atomic E-state index is 12.3. The average Bonchev–Trinajstić information content (AvgIpc) is 2.55. The molecule has 22 heavy (non-hydrogen) atoms. The summed E-state index contributed by atoms with van der Waals surface area (Å²) in [7, 11) is 1.54. The van der Waals surface area contributed by atoms with Crippen molar-refractivity contribution in [1.82, 2.24) is 5.32 Å². The molecule has 0 saturated heterocycles. The molecule has 0 aromatic heterocycles. The normalized spacial score (nSPS) is 13.2. The van der Waals surface area contributed by atoms with Gasteiger partial charge in [0.15, 0.2) is 0 Å². The van der Waals surface area contributed by atoms with Crippen molar-refractivity contribution in [2.45, 2.75) is 25.5 Å². The third kappa shape index (κ3) is 4.09. The molecule has 4 heteroatoms. The molecular weight excluding hydrogens is 278 g/mol. The van der Waals surface area contributed by atoms with E-state index in [0.717, 1.165) is 5.56 Å². The van der Waals surface area contributed by atoms with Crippen molar-refractivity contribution in [2.24, 2.45) is 0 Å². The van der Waals surface area contributed by atoms with Crippen LogP contribution in [0.15, 0.2) is 54.6 Å².